The van der Waals surface area contributed by atoms with E-state index in [2.05, 4.69) is 26.0 Å². The van der Waals surface area contributed by atoms with Gasteiger partial charge in [-0.3, -0.25) is 0 Å². The highest BCUT2D eigenvalue weighted by Gasteiger charge is 2.05. The van der Waals surface area contributed by atoms with Crippen LogP contribution in [-0.2, 0) is 12.8 Å². The van der Waals surface area contributed by atoms with Crippen LogP contribution in [-0.4, -0.2) is 23.4 Å². The monoisotopic (exact) mass is 222 g/mol. The average molecular weight is 222 g/mol. The minimum atomic E-state index is 0.255. The Bertz CT molecular complexity index is 299. The summed E-state index contributed by atoms with van der Waals surface area (Å²) in [5.74, 6) is 0. The van der Waals surface area contributed by atoms with Crippen LogP contribution in [0.5, 0.6) is 0 Å². The van der Waals surface area contributed by atoms with Gasteiger partial charge in [-0.25, -0.2) is 0 Å². The number of aryl methyl sites for hydroxylation is 2. The predicted molar refractivity (Wildman–Crippen MR) is 66.7 cm³/mol. The van der Waals surface area contributed by atoms with Crippen molar-refractivity contribution < 1.29 is 10.2 Å². The molecular weight excluding hydrogens is 200 g/mol. The Hall–Kier alpha value is -0.860. The number of aliphatic hydroxyl groups excluding tert-OH is 2. The fourth-order valence-corrected chi connectivity index (χ4v) is 2.01. The van der Waals surface area contributed by atoms with Crippen molar-refractivity contribution in [1.82, 2.24) is 0 Å². The number of aliphatic hydroxyl groups is 2. The van der Waals surface area contributed by atoms with Crippen molar-refractivity contribution in [2.24, 2.45) is 0 Å². The van der Waals surface area contributed by atoms with E-state index in [-0.39, 0.29) is 13.2 Å². The van der Waals surface area contributed by atoms with Gasteiger partial charge in [0.25, 0.3) is 0 Å². The summed E-state index contributed by atoms with van der Waals surface area (Å²) >= 11 is 0. The quantitative estimate of drug-likeness (QED) is 0.774. The highest BCUT2D eigenvalue weighted by Crippen LogP contribution is 2.20. The molecule has 0 heterocycles. The van der Waals surface area contributed by atoms with Gasteiger partial charge in [-0.2, -0.15) is 0 Å². The molecule has 16 heavy (non-hydrogen) atoms. The number of benzene rings is 1. The summed E-state index contributed by atoms with van der Waals surface area (Å²) in [4.78, 5) is 0. The van der Waals surface area contributed by atoms with E-state index in [1.165, 1.54) is 22.3 Å². The zero-order chi connectivity index (χ0) is 12.0. The van der Waals surface area contributed by atoms with Crippen LogP contribution >= 0.6 is 0 Å². The van der Waals surface area contributed by atoms with Crippen molar-refractivity contribution in [1.29, 1.82) is 0 Å². The number of rotatable bonds is 6. The molecule has 1 aromatic rings. The highest BCUT2D eigenvalue weighted by molar-refractivity contribution is 5.39. The third-order valence-corrected chi connectivity index (χ3v) is 3.22. The van der Waals surface area contributed by atoms with E-state index < -0.39 is 0 Å². The summed E-state index contributed by atoms with van der Waals surface area (Å²) in [7, 11) is 0. The number of hydrogen-bond donors (Lipinski definition) is 2. The minimum absolute atomic E-state index is 0.255. The second kappa shape index (κ2) is 6.66. The van der Waals surface area contributed by atoms with Crippen molar-refractivity contribution in [3.8, 4) is 0 Å². The molecule has 0 saturated heterocycles. The van der Waals surface area contributed by atoms with Crippen LogP contribution in [0.15, 0.2) is 12.1 Å². The Morgan fingerprint density at radius 2 is 1.19 bits per heavy atom. The molecule has 2 N–H and O–H groups in total. The molecular formula is C14H22O2. The van der Waals surface area contributed by atoms with Crippen LogP contribution in [0.4, 0.5) is 0 Å². The molecule has 2 heteroatoms. The van der Waals surface area contributed by atoms with E-state index in [1.807, 2.05) is 0 Å². The van der Waals surface area contributed by atoms with Gasteiger partial charge >= 0.3 is 0 Å². The Balaban J connectivity index is 2.81. The van der Waals surface area contributed by atoms with E-state index in [4.69, 9.17) is 10.2 Å². The Morgan fingerprint density at radius 3 is 1.50 bits per heavy atom. The lowest BCUT2D eigenvalue weighted by Crippen LogP contribution is -2.00. The molecule has 0 spiro atoms. The maximum atomic E-state index is 8.83. The van der Waals surface area contributed by atoms with Crippen LogP contribution in [0, 0.1) is 13.8 Å². The Morgan fingerprint density at radius 1 is 0.812 bits per heavy atom. The van der Waals surface area contributed by atoms with E-state index in [0.29, 0.717) is 0 Å². The lowest BCUT2D eigenvalue weighted by Gasteiger charge is -2.13. The summed E-state index contributed by atoms with van der Waals surface area (Å²) < 4.78 is 0. The molecule has 0 fully saturated rings. The van der Waals surface area contributed by atoms with Gasteiger partial charge in [-0.1, -0.05) is 12.1 Å². The fraction of sp³-hybridized carbons (Fsp3) is 0.571. The zero-order valence-electron chi connectivity index (χ0n) is 10.3. The third kappa shape index (κ3) is 3.32. The van der Waals surface area contributed by atoms with Gasteiger partial charge in [0.05, 0.1) is 0 Å². The SMILES string of the molecule is Cc1c(CCCO)ccc(CCCO)c1C. The smallest absolute Gasteiger partial charge is 0.0434 e. The van der Waals surface area contributed by atoms with Crippen molar-refractivity contribution in [3.63, 3.8) is 0 Å². The Kier molecular flexibility index (Phi) is 5.50. The molecule has 0 radical (unpaired) electrons. The molecule has 0 unspecified atom stereocenters. The van der Waals surface area contributed by atoms with Crippen molar-refractivity contribution >= 4 is 0 Å². The largest absolute Gasteiger partial charge is 0.396 e. The van der Waals surface area contributed by atoms with Crippen LogP contribution in [0.25, 0.3) is 0 Å². The van der Waals surface area contributed by atoms with E-state index in [0.717, 1.165) is 25.7 Å². The summed E-state index contributed by atoms with van der Waals surface area (Å²) in [6.45, 7) is 4.80. The standard InChI is InChI=1S/C14H22O2/c1-11-12(2)14(6-4-10-16)8-7-13(11)5-3-9-15/h7-8,15-16H,3-6,9-10H2,1-2H3. The highest BCUT2D eigenvalue weighted by atomic mass is 16.3. The van der Waals surface area contributed by atoms with Gasteiger partial charge < -0.3 is 10.2 Å². The van der Waals surface area contributed by atoms with Gasteiger partial charge in [0.15, 0.2) is 0 Å². The first-order valence-electron chi connectivity index (χ1n) is 6.00. The molecule has 0 aliphatic rings. The lowest BCUT2D eigenvalue weighted by molar-refractivity contribution is 0.288. The van der Waals surface area contributed by atoms with Crippen LogP contribution < -0.4 is 0 Å². The molecule has 0 saturated carbocycles. The summed E-state index contributed by atoms with van der Waals surface area (Å²) in [5, 5.41) is 17.7. The average Bonchev–Trinajstić information content (AvgIpc) is 2.30. The molecule has 90 valence electrons. The first-order valence-corrected chi connectivity index (χ1v) is 6.00. The molecule has 1 rings (SSSR count). The molecule has 0 aliphatic carbocycles. The van der Waals surface area contributed by atoms with Gasteiger partial charge in [-0.15, -0.1) is 0 Å². The molecule has 1 aromatic carbocycles. The van der Waals surface area contributed by atoms with Crippen LogP contribution in [0.3, 0.4) is 0 Å². The first kappa shape index (κ1) is 13.2. The molecule has 0 bridgehead atoms. The van der Waals surface area contributed by atoms with E-state index in [1.54, 1.807) is 0 Å². The molecule has 2 nitrogen and oxygen atoms in total. The first-order chi connectivity index (χ1) is 7.70. The van der Waals surface area contributed by atoms with Gasteiger partial charge in [-0.05, 0) is 61.8 Å². The molecule has 0 amide bonds. The second-order valence-corrected chi connectivity index (χ2v) is 4.29. The normalized spacial score (nSPS) is 10.8. The van der Waals surface area contributed by atoms with Crippen molar-refractivity contribution in [2.45, 2.75) is 39.5 Å². The van der Waals surface area contributed by atoms with Crippen molar-refractivity contribution in [3.05, 3.63) is 34.4 Å². The van der Waals surface area contributed by atoms with Gasteiger partial charge in [0.1, 0.15) is 0 Å². The molecule has 0 aliphatic heterocycles. The van der Waals surface area contributed by atoms with Crippen LogP contribution in [0.2, 0.25) is 0 Å². The van der Waals surface area contributed by atoms with Gasteiger partial charge in [0.2, 0.25) is 0 Å². The topological polar surface area (TPSA) is 40.5 Å². The Labute approximate surface area is 97.9 Å². The van der Waals surface area contributed by atoms with Crippen LogP contribution in [0.1, 0.15) is 35.1 Å². The zero-order valence-corrected chi connectivity index (χ0v) is 10.3. The lowest BCUT2D eigenvalue weighted by atomic mass is 9.93. The maximum absolute atomic E-state index is 8.83. The predicted octanol–water partition coefficient (Wildman–Crippen LogP) is 2.15. The third-order valence-electron chi connectivity index (χ3n) is 3.22. The van der Waals surface area contributed by atoms with Gasteiger partial charge in [0, 0.05) is 13.2 Å². The minimum Gasteiger partial charge on any atom is -0.396 e. The summed E-state index contributed by atoms with van der Waals surface area (Å²) in [6.07, 6.45) is 3.56. The fourth-order valence-electron chi connectivity index (χ4n) is 2.01. The maximum Gasteiger partial charge on any atom is 0.0434 e. The molecule has 0 atom stereocenters. The van der Waals surface area contributed by atoms with E-state index >= 15 is 0 Å². The molecule has 0 aromatic heterocycles. The summed E-state index contributed by atoms with van der Waals surface area (Å²) in [5.41, 5.74) is 5.34. The van der Waals surface area contributed by atoms with Crippen molar-refractivity contribution in [2.75, 3.05) is 13.2 Å². The second-order valence-electron chi connectivity index (χ2n) is 4.29. The summed E-state index contributed by atoms with van der Waals surface area (Å²) in [6, 6.07) is 4.31. The van der Waals surface area contributed by atoms with E-state index in [9.17, 15) is 0 Å². The number of hydrogen-bond acceptors (Lipinski definition) is 2.